The minimum absolute atomic E-state index is 2.13. The average molecular weight is 182 g/mol. The average Bonchev–Trinajstić information content (AvgIpc) is 1.57. The molecule has 0 aliphatic heterocycles. The van der Waals surface area contributed by atoms with Crippen molar-refractivity contribution in [2.75, 3.05) is 6.61 Å². The van der Waals surface area contributed by atoms with E-state index < -0.39 is 23.3 Å². The van der Waals surface area contributed by atoms with Gasteiger partial charge in [-0.05, 0) is 0 Å². The summed E-state index contributed by atoms with van der Waals surface area (Å²) in [6.45, 7) is -2.13. The molecule has 0 radical (unpaired) electrons. The van der Waals surface area contributed by atoms with Gasteiger partial charge >= 0.3 is 16.7 Å². The molecule has 62 valence electrons. The van der Waals surface area contributed by atoms with E-state index >= 15 is 0 Å². The molecule has 0 fully saturated rings. The van der Waals surface area contributed by atoms with Crippen LogP contribution in [0, 0.1) is 0 Å². The van der Waals surface area contributed by atoms with Gasteiger partial charge in [-0.2, -0.15) is 21.6 Å². The number of halogens is 4. The van der Waals surface area contributed by atoms with Crippen molar-refractivity contribution in [1.82, 2.24) is 0 Å². The Hall–Kier alpha value is -0.370. The Morgan fingerprint density at radius 1 is 1.30 bits per heavy atom. The summed E-state index contributed by atoms with van der Waals surface area (Å²) in [5.41, 5.74) is 0. The fourth-order valence-corrected chi connectivity index (χ4v) is 0.412. The van der Waals surface area contributed by atoms with Crippen molar-refractivity contribution < 1.29 is 29.7 Å². The van der Waals surface area contributed by atoms with Gasteiger partial charge in [0.05, 0.1) is 0 Å². The molecule has 0 aromatic heterocycles. The first-order chi connectivity index (χ1) is 4.21. The zero-order chi connectivity index (χ0) is 8.41. The van der Waals surface area contributed by atoms with E-state index in [9.17, 15) is 25.5 Å². The summed E-state index contributed by atoms with van der Waals surface area (Å²) >= 11 is 0. The van der Waals surface area contributed by atoms with Gasteiger partial charge in [-0.1, -0.05) is 3.89 Å². The lowest BCUT2D eigenvalue weighted by molar-refractivity contribution is -0.153. The second-order valence-corrected chi connectivity index (χ2v) is 2.29. The second kappa shape index (κ2) is 2.70. The molecule has 3 nitrogen and oxygen atoms in total. The number of hydrogen-bond donors (Lipinski definition) is 0. The van der Waals surface area contributed by atoms with Crippen LogP contribution in [0.3, 0.4) is 0 Å². The van der Waals surface area contributed by atoms with Crippen LogP contribution in [0.15, 0.2) is 0 Å². The Kier molecular flexibility index (Phi) is 2.60. The number of rotatable bonds is 2. The summed E-state index contributed by atoms with van der Waals surface area (Å²) in [4.78, 5) is 0. The van der Waals surface area contributed by atoms with E-state index in [4.69, 9.17) is 0 Å². The molecule has 0 unspecified atom stereocenters. The maximum absolute atomic E-state index is 11.2. The summed E-state index contributed by atoms with van der Waals surface area (Å²) in [5.74, 6) is 0. The summed E-state index contributed by atoms with van der Waals surface area (Å²) in [7, 11) is -5.48. The van der Waals surface area contributed by atoms with Gasteiger partial charge in [0.25, 0.3) is 0 Å². The fraction of sp³-hybridized carbons (Fsp3) is 1.00. The van der Waals surface area contributed by atoms with Crippen molar-refractivity contribution in [2.24, 2.45) is 0 Å². The number of hydrogen-bond acceptors (Lipinski definition) is 3. The molecule has 0 saturated heterocycles. The molecule has 0 aliphatic rings. The molecular weight excluding hydrogens is 180 g/mol. The van der Waals surface area contributed by atoms with Crippen LogP contribution in [-0.2, 0) is 14.7 Å². The van der Waals surface area contributed by atoms with Gasteiger partial charge < -0.3 is 0 Å². The molecule has 0 aromatic carbocycles. The van der Waals surface area contributed by atoms with Crippen LogP contribution in [0.4, 0.5) is 17.1 Å². The highest BCUT2D eigenvalue weighted by Gasteiger charge is 2.30. The molecule has 0 atom stereocenters. The molecule has 0 bridgehead atoms. The lowest BCUT2D eigenvalue weighted by Crippen LogP contribution is -2.18. The summed E-state index contributed by atoms with van der Waals surface area (Å²) in [6, 6.07) is 0. The Labute approximate surface area is 54.0 Å². The third-order valence-corrected chi connectivity index (χ3v) is 0.763. The van der Waals surface area contributed by atoms with Crippen molar-refractivity contribution in [2.45, 2.75) is 6.18 Å². The van der Waals surface area contributed by atoms with Crippen LogP contribution >= 0.6 is 0 Å². The van der Waals surface area contributed by atoms with Crippen LogP contribution in [0.1, 0.15) is 0 Å². The zero-order valence-corrected chi connectivity index (χ0v) is 5.17. The highest BCUT2D eigenvalue weighted by molar-refractivity contribution is 7.81. The van der Waals surface area contributed by atoms with E-state index in [1.165, 1.54) is 0 Å². The minimum atomic E-state index is -5.48. The van der Waals surface area contributed by atoms with Crippen LogP contribution in [0.5, 0.6) is 0 Å². The second-order valence-electron chi connectivity index (χ2n) is 1.27. The first kappa shape index (κ1) is 9.63. The third-order valence-electron chi connectivity index (χ3n) is 0.363. The SMILES string of the molecule is O=S(=O)(F)OCC(F)(F)F. The summed E-state index contributed by atoms with van der Waals surface area (Å²) in [5, 5.41) is 0. The molecule has 0 rings (SSSR count). The predicted octanol–water partition coefficient (Wildman–Crippen LogP) is 0.780. The van der Waals surface area contributed by atoms with E-state index in [2.05, 4.69) is 4.18 Å². The van der Waals surface area contributed by atoms with E-state index in [-0.39, 0.29) is 0 Å². The quantitative estimate of drug-likeness (QED) is 0.468. The highest BCUT2D eigenvalue weighted by atomic mass is 32.3. The van der Waals surface area contributed by atoms with Gasteiger partial charge in [0.1, 0.15) is 0 Å². The van der Waals surface area contributed by atoms with Crippen LogP contribution in [0.2, 0.25) is 0 Å². The third kappa shape index (κ3) is 7.63. The molecule has 0 saturated carbocycles. The van der Waals surface area contributed by atoms with E-state index in [1.54, 1.807) is 0 Å². The summed E-state index contributed by atoms with van der Waals surface area (Å²) < 4.78 is 65.6. The Balaban J connectivity index is 3.79. The van der Waals surface area contributed by atoms with Gasteiger partial charge in [0.2, 0.25) is 0 Å². The highest BCUT2D eigenvalue weighted by Crippen LogP contribution is 2.15. The largest absolute Gasteiger partial charge is 0.437 e. The van der Waals surface area contributed by atoms with Gasteiger partial charge in [-0.15, -0.1) is 0 Å². The minimum Gasteiger partial charge on any atom is -0.235 e. The normalized spacial score (nSPS) is 13.6. The Morgan fingerprint density at radius 3 is 1.80 bits per heavy atom. The zero-order valence-electron chi connectivity index (χ0n) is 4.35. The van der Waals surface area contributed by atoms with Crippen molar-refractivity contribution in [3.63, 3.8) is 0 Å². The topological polar surface area (TPSA) is 43.4 Å². The lowest BCUT2D eigenvalue weighted by atomic mass is 10.7. The van der Waals surface area contributed by atoms with Crippen LogP contribution < -0.4 is 0 Å². The van der Waals surface area contributed by atoms with Crippen molar-refractivity contribution >= 4 is 10.5 Å². The standard InChI is InChI=1S/C2H2F4O3S/c3-2(4,5)1-9-10(6,7)8/h1H2. The predicted molar refractivity (Wildman–Crippen MR) is 22.0 cm³/mol. The molecule has 0 aromatic rings. The number of alkyl halides is 3. The molecular formula is C2H2F4O3S. The fourth-order valence-electron chi connectivity index (χ4n) is 0.137. The van der Waals surface area contributed by atoms with Crippen LogP contribution in [-0.4, -0.2) is 21.2 Å². The van der Waals surface area contributed by atoms with E-state index in [0.29, 0.717) is 0 Å². The first-order valence-corrected chi connectivity index (χ1v) is 3.17. The van der Waals surface area contributed by atoms with E-state index in [1.807, 2.05) is 0 Å². The van der Waals surface area contributed by atoms with Crippen molar-refractivity contribution in [1.29, 1.82) is 0 Å². The molecule has 0 N–H and O–H groups in total. The van der Waals surface area contributed by atoms with Crippen molar-refractivity contribution in [3.05, 3.63) is 0 Å². The lowest BCUT2D eigenvalue weighted by Gasteiger charge is -2.01. The monoisotopic (exact) mass is 182 g/mol. The van der Waals surface area contributed by atoms with Crippen molar-refractivity contribution in [3.8, 4) is 0 Å². The molecule has 0 heterocycles. The molecule has 0 amide bonds. The molecule has 8 heteroatoms. The summed E-state index contributed by atoms with van der Waals surface area (Å²) in [6.07, 6.45) is -4.83. The van der Waals surface area contributed by atoms with Gasteiger partial charge in [-0.3, -0.25) is 0 Å². The van der Waals surface area contributed by atoms with Gasteiger partial charge in [0, 0.05) is 0 Å². The molecule has 0 aliphatic carbocycles. The molecule has 10 heavy (non-hydrogen) atoms. The smallest absolute Gasteiger partial charge is 0.235 e. The van der Waals surface area contributed by atoms with E-state index in [0.717, 1.165) is 0 Å². The maximum atomic E-state index is 11.2. The molecule has 0 spiro atoms. The van der Waals surface area contributed by atoms with Crippen LogP contribution in [0.25, 0.3) is 0 Å². The van der Waals surface area contributed by atoms with Gasteiger partial charge in [-0.25, -0.2) is 4.18 Å². The maximum Gasteiger partial charge on any atom is 0.437 e. The Morgan fingerprint density at radius 2 is 1.70 bits per heavy atom. The first-order valence-electron chi connectivity index (χ1n) is 1.86. The Bertz CT molecular complexity index is 191. The van der Waals surface area contributed by atoms with Gasteiger partial charge in [0.15, 0.2) is 6.61 Å².